The second kappa shape index (κ2) is 12.4. The summed E-state index contributed by atoms with van der Waals surface area (Å²) >= 11 is 12.4. The number of anilines is 1. The second-order valence-electron chi connectivity index (χ2n) is 9.27. The third kappa shape index (κ3) is 6.68. The van der Waals surface area contributed by atoms with E-state index in [0.29, 0.717) is 0 Å². The number of esters is 1. The number of fused-ring (bicyclic) bond motifs is 1. The molecule has 0 spiro atoms. The molecule has 17 heteroatoms. The number of aromatic nitrogens is 4. The number of H-pyrrole nitrogens is 1. The SMILES string of the molecule is CC(C)OC(=O)[C@H](C)NP(=O)(OC[C@H]1O[C@@H](n2cnc3c(=O)[nH]c(N)nc32)[C@@](Cl)(C#CCl)C1O)Oc1ccccc1. The topological polar surface area (TPSA) is 193 Å². The number of ether oxygens (including phenoxy) is 2. The maximum atomic E-state index is 13.8. The molecule has 0 amide bonds. The van der Waals surface area contributed by atoms with Crippen LogP contribution in [0.4, 0.5) is 5.95 Å². The van der Waals surface area contributed by atoms with Crippen molar-refractivity contribution in [1.29, 1.82) is 0 Å². The van der Waals surface area contributed by atoms with E-state index < -0.39 is 61.3 Å². The average molecular weight is 629 g/mol. The van der Waals surface area contributed by atoms with Gasteiger partial charge in [-0.15, -0.1) is 0 Å². The minimum atomic E-state index is -4.30. The summed E-state index contributed by atoms with van der Waals surface area (Å²) in [7, 11) is -4.30. The van der Waals surface area contributed by atoms with E-state index in [9.17, 15) is 19.3 Å². The van der Waals surface area contributed by atoms with E-state index in [0.717, 1.165) is 0 Å². The van der Waals surface area contributed by atoms with Gasteiger partial charge in [0.15, 0.2) is 22.3 Å². The Bertz CT molecular complexity index is 1570. The van der Waals surface area contributed by atoms with Crippen molar-refractivity contribution in [3.05, 3.63) is 47.0 Å². The quantitative estimate of drug-likeness (QED) is 0.111. The molecule has 0 saturated carbocycles. The van der Waals surface area contributed by atoms with Crippen LogP contribution < -0.4 is 20.9 Å². The number of benzene rings is 1. The van der Waals surface area contributed by atoms with Crippen molar-refractivity contribution in [1.82, 2.24) is 24.6 Å². The van der Waals surface area contributed by atoms with Gasteiger partial charge < -0.3 is 24.8 Å². The Balaban J connectivity index is 1.62. The lowest BCUT2D eigenvalue weighted by Crippen LogP contribution is -2.42. The Labute approximate surface area is 244 Å². The molecule has 41 heavy (non-hydrogen) atoms. The van der Waals surface area contributed by atoms with Crippen molar-refractivity contribution in [3.63, 3.8) is 0 Å². The number of hydrogen-bond acceptors (Lipinski definition) is 11. The zero-order valence-corrected chi connectivity index (χ0v) is 24.4. The van der Waals surface area contributed by atoms with Crippen molar-refractivity contribution < 1.29 is 33.0 Å². The van der Waals surface area contributed by atoms with Gasteiger partial charge in [0.25, 0.3) is 5.56 Å². The summed E-state index contributed by atoms with van der Waals surface area (Å²) in [5, 5.41) is 15.9. The zero-order chi connectivity index (χ0) is 29.9. The number of aliphatic hydroxyl groups excluding tert-OH is 1. The highest BCUT2D eigenvalue weighted by Gasteiger charge is 2.57. The maximum absolute atomic E-state index is 13.8. The summed E-state index contributed by atoms with van der Waals surface area (Å²) in [5.41, 5.74) is 5.02. The van der Waals surface area contributed by atoms with E-state index in [4.69, 9.17) is 47.5 Å². The van der Waals surface area contributed by atoms with Gasteiger partial charge in [-0.05, 0) is 44.5 Å². The van der Waals surface area contributed by atoms with Crippen LogP contribution in [0.3, 0.4) is 0 Å². The van der Waals surface area contributed by atoms with Crippen LogP contribution in [0.5, 0.6) is 5.75 Å². The summed E-state index contributed by atoms with van der Waals surface area (Å²) in [6.07, 6.45) is -3.35. The van der Waals surface area contributed by atoms with Gasteiger partial charge in [0.2, 0.25) is 5.95 Å². The van der Waals surface area contributed by atoms with E-state index in [-0.39, 0.29) is 22.9 Å². The lowest BCUT2D eigenvalue weighted by Gasteiger charge is -2.26. The number of nitrogens with one attached hydrogen (secondary N) is 2. The predicted octanol–water partition coefficient (Wildman–Crippen LogP) is 2.27. The standard InChI is InChI=1S/C24H27Cl2N6O8P/c1-13(2)38-21(35)14(3)31-41(36,40-15-7-5-4-6-8-15)37-11-16-18(33)24(26,9-10-25)22(39-16)32-12-28-17-19(32)29-23(27)30-20(17)34/h4-8,12-14,16,18,22,33H,11H2,1-3H3,(H,31,36)(H3,27,29,30,34)/t14-,16+,18?,22+,24+,41?/m0/s1. The van der Waals surface area contributed by atoms with E-state index in [1.165, 1.54) is 30.0 Å². The molecular formula is C24H27Cl2N6O8P. The molecule has 1 saturated heterocycles. The van der Waals surface area contributed by atoms with Crippen molar-refractivity contribution in [2.24, 2.45) is 0 Å². The second-order valence-corrected chi connectivity index (χ2v) is 11.8. The number of aliphatic hydroxyl groups is 1. The predicted molar refractivity (Wildman–Crippen MR) is 149 cm³/mol. The van der Waals surface area contributed by atoms with Gasteiger partial charge in [0, 0.05) is 5.38 Å². The monoisotopic (exact) mass is 628 g/mol. The molecule has 1 aliphatic rings. The van der Waals surface area contributed by atoms with Gasteiger partial charge >= 0.3 is 13.7 Å². The Morgan fingerprint density at radius 1 is 1.37 bits per heavy atom. The van der Waals surface area contributed by atoms with Crippen LogP contribution >= 0.6 is 30.9 Å². The van der Waals surface area contributed by atoms with E-state index >= 15 is 0 Å². The number of carbonyl (C=O) groups excluding carboxylic acids is 1. The summed E-state index contributed by atoms with van der Waals surface area (Å²) in [5.74, 6) is 1.81. The Hall–Kier alpha value is -3.15. The molecule has 0 aliphatic carbocycles. The Kier molecular flexibility index (Phi) is 9.30. The number of para-hydroxylation sites is 1. The molecule has 3 heterocycles. The van der Waals surface area contributed by atoms with Crippen LogP contribution in [-0.2, 0) is 23.4 Å². The number of rotatable bonds is 10. The van der Waals surface area contributed by atoms with Crippen LogP contribution in [-0.4, -0.2) is 66.4 Å². The van der Waals surface area contributed by atoms with Crippen LogP contribution in [0.25, 0.3) is 11.2 Å². The highest BCUT2D eigenvalue weighted by Crippen LogP contribution is 2.48. The van der Waals surface area contributed by atoms with Crippen molar-refractivity contribution in [3.8, 4) is 17.0 Å². The minimum Gasteiger partial charge on any atom is -0.462 e. The van der Waals surface area contributed by atoms with Crippen LogP contribution in [0.1, 0.15) is 27.0 Å². The first kappa shape index (κ1) is 30.8. The van der Waals surface area contributed by atoms with Crippen molar-refractivity contribution >= 4 is 54.0 Å². The molecular weight excluding hydrogens is 602 g/mol. The molecule has 1 aromatic carbocycles. The molecule has 4 rings (SSSR count). The van der Waals surface area contributed by atoms with Gasteiger partial charge in [-0.25, -0.2) is 9.55 Å². The first-order valence-corrected chi connectivity index (χ1v) is 14.5. The highest BCUT2D eigenvalue weighted by atomic mass is 35.5. The number of nitrogens with two attached hydrogens (primary N) is 1. The van der Waals surface area contributed by atoms with Gasteiger partial charge in [-0.3, -0.25) is 23.7 Å². The summed E-state index contributed by atoms with van der Waals surface area (Å²) in [4.78, 5) is 33.2. The number of halogens is 2. The summed E-state index contributed by atoms with van der Waals surface area (Å²) in [6.45, 7) is 4.21. The maximum Gasteiger partial charge on any atom is 0.459 e. The number of nitrogen functional groups attached to an aromatic ring is 1. The fraction of sp³-hybridized carbons (Fsp3) is 0.417. The molecule has 14 nitrogen and oxygen atoms in total. The molecule has 1 fully saturated rings. The molecule has 0 radical (unpaired) electrons. The average Bonchev–Trinajstić information content (AvgIpc) is 3.42. The van der Waals surface area contributed by atoms with E-state index in [1.54, 1.807) is 32.0 Å². The van der Waals surface area contributed by atoms with Crippen LogP contribution in [0.2, 0.25) is 0 Å². The molecule has 2 aromatic heterocycles. The first-order valence-electron chi connectivity index (χ1n) is 12.2. The lowest BCUT2D eigenvalue weighted by atomic mass is 9.99. The molecule has 3 aromatic rings. The number of alkyl halides is 1. The smallest absolute Gasteiger partial charge is 0.459 e. The van der Waals surface area contributed by atoms with Gasteiger partial charge in [0.1, 0.15) is 24.0 Å². The Morgan fingerprint density at radius 3 is 2.73 bits per heavy atom. The van der Waals surface area contributed by atoms with Crippen LogP contribution in [0.15, 0.2) is 41.5 Å². The third-order valence-electron chi connectivity index (χ3n) is 5.82. The van der Waals surface area contributed by atoms with E-state index in [1.807, 2.05) is 0 Å². The zero-order valence-electron chi connectivity index (χ0n) is 22.0. The normalized spacial score (nSPS) is 24.4. The fourth-order valence-electron chi connectivity index (χ4n) is 3.98. The lowest BCUT2D eigenvalue weighted by molar-refractivity contribution is -0.149. The molecule has 220 valence electrons. The highest BCUT2D eigenvalue weighted by molar-refractivity contribution is 7.52. The molecule has 2 unspecified atom stereocenters. The van der Waals surface area contributed by atoms with Gasteiger partial charge in [-0.1, -0.05) is 35.7 Å². The van der Waals surface area contributed by atoms with Crippen molar-refractivity contribution in [2.45, 2.75) is 56.2 Å². The number of nitrogens with zero attached hydrogens (tertiary/aromatic N) is 3. The number of hydrogen-bond donors (Lipinski definition) is 4. The van der Waals surface area contributed by atoms with Crippen molar-refractivity contribution in [2.75, 3.05) is 12.3 Å². The summed E-state index contributed by atoms with van der Waals surface area (Å²) in [6, 6.07) is 7.00. The number of carbonyl (C=O) groups is 1. The first-order chi connectivity index (χ1) is 19.4. The largest absolute Gasteiger partial charge is 0.462 e. The molecule has 6 atom stereocenters. The van der Waals surface area contributed by atoms with E-state index in [2.05, 4.69) is 31.3 Å². The van der Waals surface area contributed by atoms with Gasteiger partial charge in [-0.2, -0.15) is 10.1 Å². The number of aromatic amines is 1. The number of imidazole rings is 1. The molecule has 5 N–H and O–H groups in total. The Morgan fingerprint density at radius 2 is 2.07 bits per heavy atom. The third-order valence-corrected chi connectivity index (χ3v) is 8.07. The van der Waals surface area contributed by atoms with Crippen LogP contribution in [0, 0.1) is 11.3 Å². The summed E-state index contributed by atoms with van der Waals surface area (Å²) < 4.78 is 37.5. The molecule has 1 aliphatic heterocycles. The minimum absolute atomic E-state index is 0.00338. The van der Waals surface area contributed by atoms with Gasteiger partial charge in [0.05, 0.1) is 19.0 Å². The fourth-order valence-corrected chi connectivity index (χ4v) is 6.03. The molecule has 0 bridgehead atoms.